The molecule has 0 unspecified atom stereocenters. The lowest BCUT2D eigenvalue weighted by atomic mass is 10.0. The Morgan fingerprint density at radius 1 is 1.21 bits per heavy atom. The van der Waals surface area contributed by atoms with E-state index in [1.165, 1.54) is 69.0 Å². The Kier molecular flexibility index (Phi) is 11.6. The third kappa shape index (κ3) is 8.20. The molecule has 2 saturated heterocycles. The van der Waals surface area contributed by atoms with Gasteiger partial charge in [-0.25, -0.2) is 4.98 Å². The molecule has 0 aliphatic carbocycles. The molecule has 0 saturated carbocycles. The summed E-state index contributed by atoms with van der Waals surface area (Å²) in [5.41, 5.74) is 1.18. The molecule has 3 heterocycles. The largest absolute Gasteiger partial charge is 0.357 e. The minimum Gasteiger partial charge on any atom is -0.357 e. The predicted molar refractivity (Wildman–Crippen MR) is 136 cm³/mol. The number of piperidine rings is 1. The second kappa shape index (κ2) is 13.6. The van der Waals surface area contributed by atoms with E-state index in [0.717, 1.165) is 38.6 Å². The van der Waals surface area contributed by atoms with E-state index in [1.54, 1.807) is 11.3 Å². The number of halogens is 1. The highest BCUT2D eigenvalue weighted by Gasteiger charge is 2.19. The highest BCUT2D eigenvalue weighted by atomic mass is 127. The van der Waals surface area contributed by atoms with E-state index >= 15 is 0 Å². The predicted octanol–water partition coefficient (Wildman–Crippen LogP) is 3.72. The van der Waals surface area contributed by atoms with Crippen LogP contribution in [0.25, 0.3) is 0 Å². The van der Waals surface area contributed by atoms with Crippen LogP contribution in [-0.2, 0) is 6.42 Å². The molecule has 0 atom stereocenters. The standard InChI is InChI=1S/C21H38N6S.HI/c1-3-5-12-26-15-9-18(10-16-26)24-20(22-4-2)23-11-8-19-17-28-21(25-19)27-13-6-7-14-27;/h17-18H,3-16H2,1-2H3,(H2,22,23,24);1H. The molecule has 1 aromatic rings. The number of thiazole rings is 1. The van der Waals surface area contributed by atoms with Gasteiger partial charge in [-0.2, -0.15) is 0 Å². The van der Waals surface area contributed by atoms with Crippen molar-refractivity contribution in [3.63, 3.8) is 0 Å². The fraction of sp³-hybridized carbons (Fsp3) is 0.810. The average Bonchev–Trinajstić information content (AvgIpc) is 3.39. The smallest absolute Gasteiger partial charge is 0.191 e. The number of aromatic nitrogens is 1. The van der Waals surface area contributed by atoms with Gasteiger partial charge in [0.05, 0.1) is 5.69 Å². The quantitative estimate of drug-likeness (QED) is 0.288. The van der Waals surface area contributed by atoms with E-state index in [9.17, 15) is 0 Å². The van der Waals surface area contributed by atoms with E-state index in [1.807, 2.05) is 0 Å². The second-order valence-electron chi connectivity index (χ2n) is 7.94. The van der Waals surface area contributed by atoms with Gasteiger partial charge in [0.25, 0.3) is 0 Å². The molecule has 0 spiro atoms. The van der Waals surface area contributed by atoms with Crippen LogP contribution >= 0.6 is 35.3 Å². The van der Waals surface area contributed by atoms with E-state index in [-0.39, 0.29) is 24.0 Å². The van der Waals surface area contributed by atoms with Crippen molar-refractivity contribution in [2.75, 3.05) is 50.7 Å². The molecule has 8 heteroatoms. The summed E-state index contributed by atoms with van der Waals surface area (Å²) in [5.74, 6) is 0.963. The highest BCUT2D eigenvalue weighted by molar-refractivity contribution is 14.0. The Labute approximate surface area is 198 Å². The maximum atomic E-state index is 4.81. The number of unbranched alkanes of at least 4 members (excludes halogenated alkanes) is 1. The average molecular weight is 535 g/mol. The number of guanidine groups is 1. The first-order valence-electron chi connectivity index (χ1n) is 11.2. The van der Waals surface area contributed by atoms with Gasteiger partial charge in [0.2, 0.25) is 0 Å². The van der Waals surface area contributed by atoms with Crippen LogP contribution in [0.5, 0.6) is 0 Å². The van der Waals surface area contributed by atoms with Crippen molar-refractivity contribution in [1.29, 1.82) is 0 Å². The molecule has 2 fully saturated rings. The molecule has 0 aromatic carbocycles. The van der Waals surface area contributed by atoms with Crippen molar-refractivity contribution in [2.24, 2.45) is 4.99 Å². The Bertz CT molecular complexity index is 594. The van der Waals surface area contributed by atoms with E-state index in [0.29, 0.717) is 6.04 Å². The van der Waals surface area contributed by atoms with Gasteiger partial charge < -0.3 is 20.4 Å². The number of hydrogen-bond donors (Lipinski definition) is 2. The first-order chi connectivity index (χ1) is 13.8. The molecule has 3 rings (SSSR count). The van der Waals surface area contributed by atoms with Crippen molar-refractivity contribution >= 4 is 46.4 Å². The molecule has 0 amide bonds. The molecule has 29 heavy (non-hydrogen) atoms. The molecule has 2 aliphatic heterocycles. The van der Waals surface area contributed by atoms with Gasteiger partial charge in [0.1, 0.15) is 0 Å². The van der Waals surface area contributed by atoms with E-state index in [2.05, 4.69) is 39.7 Å². The minimum absolute atomic E-state index is 0. The fourth-order valence-corrected chi connectivity index (χ4v) is 4.86. The molecule has 1 aromatic heterocycles. The first kappa shape index (κ1) is 24.7. The summed E-state index contributed by atoms with van der Waals surface area (Å²) in [5, 5.41) is 10.5. The second-order valence-corrected chi connectivity index (χ2v) is 8.78. The molecule has 0 bridgehead atoms. The lowest BCUT2D eigenvalue weighted by Crippen LogP contribution is -2.48. The van der Waals surface area contributed by atoms with Crippen LogP contribution in [0.4, 0.5) is 5.13 Å². The van der Waals surface area contributed by atoms with Gasteiger partial charge >= 0.3 is 0 Å². The summed E-state index contributed by atoms with van der Waals surface area (Å²) in [6.45, 7) is 12.1. The molecule has 0 radical (unpaired) electrons. The van der Waals surface area contributed by atoms with Crippen molar-refractivity contribution in [3.8, 4) is 0 Å². The number of nitrogens with zero attached hydrogens (tertiary/aromatic N) is 4. The molecular weight excluding hydrogens is 495 g/mol. The molecule has 2 aliphatic rings. The van der Waals surface area contributed by atoms with Crippen LogP contribution < -0.4 is 15.5 Å². The molecule has 2 N–H and O–H groups in total. The van der Waals surface area contributed by atoms with Crippen molar-refractivity contribution < 1.29 is 0 Å². The molecular formula is C21H39IN6S. The van der Waals surface area contributed by atoms with Gasteiger partial charge in [-0.05, 0) is 45.6 Å². The van der Waals surface area contributed by atoms with E-state index < -0.39 is 0 Å². The first-order valence-corrected chi connectivity index (χ1v) is 12.1. The lowest BCUT2D eigenvalue weighted by Gasteiger charge is -2.33. The van der Waals surface area contributed by atoms with Gasteiger partial charge in [0.15, 0.2) is 11.1 Å². The van der Waals surface area contributed by atoms with Crippen LogP contribution in [0.3, 0.4) is 0 Å². The summed E-state index contributed by atoms with van der Waals surface area (Å²) >= 11 is 1.78. The number of anilines is 1. The van der Waals surface area contributed by atoms with Gasteiger partial charge in [-0.3, -0.25) is 4.99 Å². The number of likely N-dealkylation sites (tertiary alicyclic amines) is 1. The molecule has 166 valence electrons. The Morgan fingerprint density at radius 3 is 2.66 bits per heavy atom. The van der Waals surface area contributed by atoms with Crippen molar-refractivity contribution in [1.82, 2.24) is 20.5 Å². The summed E-state index contributed by atoms with van der Waals surface area (Å²) in [4.78, 5) is 14.6. The Morgan fingerprint density at radius 2 is 1.97 bits per heavy atom. The number of aliphatic imine (C=N–C) groups is 1. The third-order valence-electron chi connectivity index (χ3n) is 5.65. The highest BCUT2D eigenvalue weighted by Crippen LogP contribution is 2.24. The Balaban J connectivity index is 0.00000300. The number of nitrogens with one attached hydrogen (secondary N) is 2. The van der Waals surface area contributed by atoms with Crippen LogP contribution in [0.1, 0.15) is 58.1 Å². The maximum absolute atomic E-state index is 4.81. The summed E-state index contributed by atoms with van der Waals surface area (Å²) in [7, 11) is 0. The zero-order valence-electron chi connectivity index (χ0n) is 18.2. The van der Waals surface area contributed by atoms with Crippen LogP contribution in [0.2, 0.25) is 0 Å². The number of hydrogen-bond acceptors (Lipinski definition) is 5. The minimum atomic E-state index is 0. The maximum Gasteiger partial charge on any atom is 0.191 e. The van der Waals surface area contributed by atoms with Crippen molar-refractivity contribution in [2.45, 2.75) is 64.8 Å². The molecule has 6 nitrogen and oxygen atoms in total. The third-order valence-corrected chi connectivity index (χ3v) is 6.60. The van der Waals surface area contributed by atoms with Crippen LogP contribution in [0, 0.1) is 0 Å². The normalized spacial score (nSPS) is 18.7. The van der Waals surface area contributed by atoms with Crippen molar-refractivity contribution in [3.05, 3.63) is 11.1 Å². The monoisotopic (exact) mass is 534 g/mol. The summed E-state index contributed by atoms with van der Waals surface area (Å²) in [6.07, 6.45) is 8.53. The Hall–Kier alpha value is -0.610. The van der Waals surface area contributed by atoms with Gasteiger partial charge in [-0.1, -0.05) is 13.3 Å². The zero-order valence-corrected chi connectivity index (χ0v) is 21.3. The van der Waals surface area contributed by atoms with E-state index in [4.69, 9.17) is 9.98 Å². The fourth-order valence-electron chi connectivity index (χ4n) is 3.94. The number of rotatable bonds is 9. The SMILES string of the molecule is CCCCN1CCC(NC(=NCCc2csc(N3CCCC3)n2)NCC)CC1.I. The van der Waals surface area contributed by atoms with Gasteiger partial charge in [-0.15, -0.1) is 35.3 Å². The topological polar surface area (TPSA) is 55.8 Å². The van der Waals surface area contributed by atoms with Gasteiger partial charge in [0, 0.05) is 57.1 Å². The zero-order chi connectivity index (χ0) is 19.6. The van der Waals surface area contributed by atoms with Crippen LogP contribution in [0.15, 0.2) is 10.4 Å². The summed E-state index contributed by atoms with van der Waals surface area (Å²) < 4.78 is 0. The van der Waals surface area contributed by atoms with Crippen LogP contribution in [-0.4, -0.2) is 67.7 Å². The summed E-state index contributed by atoms with van der Waals surface area (Å²) in [6, 6.07) is 0.539. The lowest BCUT2D eigenvalue weighted by molar-refractivity contribution is 0.203.